The number of carbonyl (C=O) groups is 3. The number of ketones is 2. The van der Waals surface area contributed by atoms with Gasteiger partial charge >= 0.3 is 0 Å². The van der Waals surface area contributed by atoms with Gasteiger partial charge in [-0.05, 0) is 42.2 Å². The Morgan fingerprint density at radius 2 is 1.62 bits per heavy atom. The van der Waals surface area contributed by atoms with Crippen molar-refractivity contribution in [3.63, 3.8) is 0 Å². The van der Waals surface area contributed by atoms with Gasteiger partial charge in [0, 0.05) is 27.9 Å². The number of nitrogens with one attached hydrogen (secondary N) is 1. The van der Waals surface area contributed by atoms with Gasteiger partial charge in [-0.15, -0.1) is 0 Å². The summed E-state index contributed by atoms with van der Waals surface area (Å²) in [4.78, 5) is 45.8. The number of amides is 1. The van der Waals surface area contributed by atoms with Crippen LogP contribution < -0.4 is 10.2 Å². The van der Waals surface area contributed by atoms with Crippen molar-refractivity contribution in [1.82, 2.24) is 0 Å². The predicted octanol–water partition coefficient (Wildman–Crippen LogP) is 6.62. The summed E-state index contributed by atoms with van der Waals surface area (Å²) in [5.41, 5.74) is 4.12. The molecule has 3 aromatic carbocycles. The zero-order valence-corrected chi connectivity index (χ0v) is 23.8. The molecule has 3 aromatic rings. The van der Waals surface area contributed by atoms with Crippen molar-refractivity contribution in [3.05, 3.63) is 101 Å². The molecule has 4 atom stereocenters. The number of Topliss-reactive ketones (excluding diaryl/α,β-unsaturated/α-hetero) is 2. The second-order valence-electron chi connectivity index (χ2n) is 12.4. The second-order valence-corrected chi connectivity index (χ2v) is 12.4. The maximum Gasteiger partial charge on any atom is 0.238 e. The Bertz CT molecular complexity index is 1560. The average molecular weight is 533 g/mol. The largest absolute Gasteiger partial charge is 0.352 e. The number of allylic oxidation sites excluding steroid dienone is 1. The summed E-state index contributed by atoms with van der Waals surface area (Å²) < 4.78 is 0. The van der Waals surface area contributed by atoms with E-state index < -0.39 is 28.8 Å². The van der Waals surface area contributed by atoms with Crippen LogP contribution in [0, 0.1) is 11.3 Å². The highest BCUT2D eigenvalue weighted by Gasteiger charge is 2.71. The van der Waals surface area contributed by atoms with Crippen molar-refractivity contribution < 1.29 is 14.4 Å². The van der Waals surface area contributed by atoms with E-state index >= 15 is 0 Å². The van der Waals surface area contributed by atoms with Crippen LogP contribution in [0.3, 0.4) is 0 Å². The SMILES string of the molecule is CCCc1ccc(C(=O)[C@@H]2[C@H](C(=O)C(C)(C)C)N3c4ccccc4C(C)=C[C@@H]3[C@]23C(=O)Nc2ccccc23)cc1. The van der Waals surface area contributed by atoms with Crippen LogP contribution in [0.25, 0.3) is 5.57 Å². The number of aryl methyl sites for hydroxylation is 1. The second kappa shape index (κ2) is 9.29. The minimum absolute atomic E-state index is 0.0461. The summed E-state index contributed by atoms with van der Waals surface area (Å²) in [6.45, 7) is 9.87. The first-order chi connectivity index (χ1) is 19.1. The number of para-hydroxylation sites is 2. The van der Waals surface area contributed by atoms with E-state index in [4.69, 9.17) is 0 Å². The van der Waals surface area contributed by atoms with E-state index in [1.807, 2.05) is 100 Å². The van der Waals surface area contributed by atoms with Crippen LogP contribution in [0.4, 0.5) is 11.4 Å². The Morgan fingerprint density at radius 1 is 0.950 bits per heavy atom. The van der Waals surface area contributed by atoms with Crippen molar-refractivity contribution in [2.75, 3.05) is 10.2 Å². The lowest BCUT2D eigenvalue weighted by atomic mass is 9.63. The Kier molecular flexibility index (Phi) is 6.10. The summed E-state index contributed by atoms with van der Waals surface area (Å²) in [5, 5.41) is 3.10. The lowest BCUT2D eigenvalue weighted by molar-refractivity contribution is -0.128. The quantitative estimate of drug-likeness (QED) is 0.375. The van der Waals surface area contributed by atoms with E-state index in [1.54, 1.807) is 0 Å². The molecule has 0 bridgehead atoms. The fourth-order valence-corrected chi connectivity index (χ4v) is 7.13. The molecule has 0 radical (unpaired) electrons. The van der Waals surface area contributed by atoms with Crippen LogP contribution in [0.15, 0.2) is 78.9 Å². The molecule has 1 fully saturated rings. The first-order valence-electron chi connectivity index (χ1n) is 14.2. The zero-order chi connectivity index (χ0) is 28.4. The smallest absolute Gasteiger partial charge is 0.238 e. The summed E-state index contributed by atoms with van der Waals surface area (Å²) in [6.07, 6.45) is 4.05. The average Bonchev–Trinajstić information content (AvgIpc) is 3.40. The summed E-state index contributed by atoms with van der Waals surface area (Å²) >= 11 is 0. The third-order valence-corrected chi connectivity index (χ3v) is 8.95. The zero-order valence-electron chi connectivity index (χ0n) is 23.8. The molecule has 3 aliphatic heterocycles. The molecular formula is C35H36N2O3. The number of fused-ring (bicyclic) bond motifs is 6. The maximum atomic E-state index is 14.8. The Morgan fingerprint density at radius 3 is 2.33 bits per heavy atom. The molecule has 204 valence electrons. The molecular weight excluding hydrogens is 496 g/mol. The molecule has 5 nitrogen and oxygen atoms in total. The summed E-state index contributed by atoms with van der Waals surface area (Å²) in [7, 11) is 0. The molecule has 0 unspecified atom stereocenters. The summed E-state index contributed by atoms with van der Waals surface area (Å²) in [6, 6.07) is 22.0. The highest BCUT2D eigenvalue weighted by Crippen LogP contribution is 2.59. The van der Waals surface area contributed by atoms with Gasteiger partial charge in [-0.3, -0.25) is 14.4 Å². The van der Waals surface area contributed by atoms with Gasteiger partial charge in [0.2, 0.25) is 5.91 Å². The van der Waals surface area contributed by atoms with E-state index in [-0.39, 0.29) is 17.5 Å². The van der Waals surface area contributed by atoms with Gasteiger partial charge in [0.25, 0.3) is 0 Å². The van der Waals surface area contributed by atoms with Gasteiger partial charge in [0.05, 0.1) is 12.0 Å². The highest BCUT2D eigenvalue weighted by atomic mass is 16.2. The number of anilines is 2. The maximum absolute atomic E-state index is 14.8. The standard InChI is InChI=1S/C35H36N2O3/c1-6-11-22-16-18-23(19-17-22)31(38)29-30(32(39)34(3,4)5)37-27-15-10-7-12-24(27)21(2)20-28(37)35(29)25-13-8-9-14-26(25)36-33(35)40/h7-10,12-20,28-30H,6,11H2,1-5H3,(H,36,40)/t28-,29+,30-,35+/m1/s1. The lowest BCUT2D eigenvalue weighted by Gasteiger charge is -2.39. The third kappa shape index (κ3) is 3.63. The van der Waals surface area contributed by atoms with Crippen molar-refractivity contribution in [2.24, 2.45) is 11.3 Å². The first kappa shape index (κ1) is 26.2. The van der Waals surface area contributed by atoms with Gasteiger partial charge in [0.15, 0.2) is 11.6 Å². The normalized spacial score (nSPS) is 24.7. The van der Waals surface area contributed by atoms with E-state index in [0.717, 1.165) is 40.8 Å². The molecule has 40 heavy (non-hydrogen) atoms. The van der Waals surface area contributed by atoms with Crippen molar-refractivity contribution in [1.29, 1.82) is 0 Å². The van der Waals surface area contributed by atoms with Gasteiger partial charge in [-0.2, -0.15) is 0 Å². The number of hydrogen-bond acceptors (Lipinski definition) is 4. The van der Waals surface area contributed by atoms with Crippen LogP contribution in [-0.2, 0) is 21.4 Å². The van der Waals surface area contributed by atoms with Crippen LogP contribution in [0.1, 0.15) is 68.1 Å². The topological polar surface area (TPSA) is 66.5 Å². The van der Waals surface area contributed by atoms with Crippen LogP contribution in [0.5, 0.6) is 0 Å². The molecule has 0 saturated carbocycles. The van der Waals surface area contributed by atoms with Gasteiger partial charge in [0.1, 0.15) is 11.5 Å². The van der Waals surface area contributed by atoms with Crippen LogP contribution in [-0.4, -0.2) is 29.6 Å². The lowest BCUT2D eigenvalue weighted by Crippen LogP contribution is -2.51. The Labute approximate surface area is 236 Å². The van der Waals surface area contributed by atoms with E-state index in [2.05, 4.69) is 23.2 Å². The van der Waals surface area contributed by atoms with E-state index in [9.17, 15) is 14.4 Å². The molecule has 3 aliphatic rings. The minimum atomic E-state index is -1.27. The highest BCUT2D eigenvalue weighted by molar-refractivity contribution is 6.17. The number of hydrogen-bond donors (Lipinski definition) is 1. The van der Waals surface area contributed by atoms with E-state index in [1.165, 1.54) is 0 Å². The van der Waals surface area contributed by atoms with Gasteiger partial charge in [-0.1, -0.05) is 101 Å². The Hall–Kier alpha value is -3.99. The molecule has 0 aromatic heterocycles. The fraction of sp³-hybridized carbons (Fsp3) is 0.343. The number of rotatable bonds is 5. The van der Waals surface area contributed by atoms with Crippen molar-refractivity contribution in [2.45, 2.75) is 65.0 Å². The monoisotopic (exact) mass is 532 g/mol. The predicted molar refractivity (Wildman–Crippen MR) is 160 cm³/mol. The molecule has 1 spiro atoms. The fourth-order valence-electron chi connectivity index (χ4n) is 7.13. The first-order valence-corrected chi connectivity index (χ1v) is 14.2. The molecule has 6 rings (SSSR count). The van der Waals surface area contributed by atoms with Gasteiger partial charge < -0.3 is 10.2 Å². The van der Waals surface area contributed by atoms with Gasteiger partial charge in [-0.25, -0.2) is 0 Å². The molecule has 1 N–H and O–H groups in total. The third-order valence-electron chi connectivity index (χ3n) is 8.95. The molecule has 3 heterocycles. The molecule has 1 saturated heterocycles. The Balaban J connectivity index is 1.66. The number of carbonyl (C=O) groups excluding carboxylic acids is 3. The van der Waals surface area contributed by atoms with E-state index in [0.29, 0.717) is 11.3 Å². The van der Waals surface area contributed by atoms with Crippen LogP contribution in [0.2, 0.25) is 0 Å². The minimum Gasteiger partial charge on any atom is -0.352 e. The van der Waals surface area contributed by atoms with Crippen molar-refractivity contribution >= 4 is 34.4 Å². The molecule has 1 amide bonds. The summed E-state index contributed by atoms with van der Waals surface area (Å²) in [5.74, 6) is -1.36. The molecule has 0 aliphatic carbocycles. The van der Waals surface area contributed by atoms with Crippen LogP contribution >= 0.6 is 0 Å². The number of benzene rings is 3. The number of nitrogens with zero attached hydrogens (tertiary/aromatic N) is 1. The molecule has 5 heteroatoms. The van der Waals surface area contributed by atoms with Crippen molar-refractivity contribution in [3.8, 4) is 0 Å².